The van der Waals surface area contributed by atoms with Crippen molar-refractivity contribution in [2.45, 2.75) is 0 Å². The van der Waals surface area contributed by atoms with E-state index in [0.29, 0.717) is 39.8 Å². The number of benzene rings is 1. The van der Waals surface area contributed by atoms with Crippen LogP contribution in [-0.2, 0) is 13.9 Å². The molecule has 0 aromatic heterocycles. The maximum atomic E-state index is 8.56. The van der Waals surface area contributed by atoms with Crippen LogP contribution in [0.1, 0.15) is 0 Å². The highest BCUT2D eigenvalue weighted by atomic mass is 16.6. The van der Waals surface area contributed by atoms with Gasteiger partial charge in [-0.3, -0.25) is 0 Å². The fourth-order valence-corrected chi connectivity index (χ4v) is 1.26. The molecule has 1 aromatic carbocycles. The number of ether oxygens (including phenoxy) is 2. The van der Waals surface area contributed by atoms with E-state index >= 15 is 0 Å². The van der Waals surface area contributed by atoms with E-state index in [0.717, 1.165) is 0 Å². The van der Waals surface area contributed by atoms with E-state index in [1.165, 1.54) is 0 Å². The minimum Gasteiger partial charge on any atom is -0.491 e. The average Bonchev–Trinajstić information content (AvgIpc) is 2.40. The van der Waals surface area contributed by atoms with Crippen molar-refractivity contribution in [3.63, 3.8) is 0 Å². The number of hydrogen-bond acceptors (Lipinski definition) is 6. The third kappa shape index (κ3) is 5.11. The molecule has 0 atom stereocenters. The number of rotatable bonds is 9. The second-order valence-electron chi connectivity index (χ2n) is 3.23. The Labute approximate surface area is 108 Å². The minimum atomic E-state index is -0.909. The monoisotopic (exact) mass is 250 g/mol. The van der Waals surface area contributed by atoms with Gasteiger partial charge in [-0.2, -0.15) is 0 Å². The molecule has 0 heterocycles. The molecule has 0 aliphatic carbocycles. The van der Waals surface area contributed by atoms with E-state index < -0.39 is 7.12 Å². The van der Waals surface area contributed by atoms with E-state index in [4.69, 9.17) is 28.7 Å². The zero-order valence-corrected chi connectivity index (χ0v) is 9.98. The van der Waals surface area contributed by atoms with Gasteiger partial charge in [-0.15, -0.1) is 0 Å². The van der Waals surface area contributed by atoms with Gasteiger partial charge in [0.2, 0.25) is 0 Å². The molecule has 18 heavy (non-hydrogen) atoms. The van der Waals surface area contributed by atoms with Crippen LogP contribution in [0.4, 0.5) is 0 Å². The lowest BCUT2D eigenvalue weighted by Gasteiger charge is -2.12. The summed E-state index contributed by atoms with van der Waals surface area (Å²) in [6, 6.07) is 6.83. The molecule has 0 fully saturated rings. The Morgan fingerprint density at radius 3 is 2.17 bits per heavy atom. The van der Waals surface area contributed by atoms with Crippen LogP contribution in [0.25, 0.3) is 0 Å². The van der Waals surface area contributed by atoms with Crippen molar-refractivity contribution in [3.05, 3.63) is 24.3 Å². The topological polar surface area (TPSA) is 77.4 Å². The van der Waals surface area contributed by atoms with Gasteiger partial charge >= 0.3 is 22.5 Å². The molecule has 0 unspecified atom stereocenters. The first-order chi connectivity index (χ1) is 8.81. The van der Waals surface area contributed by atoms with Gasteiger partial charge in [-0.1, -0.05) is 12.1 Å². The Morgan fingerprint density at radius 1 is 1.06 bits per heavy atom. The quantitative estimate of drug-likeness (QED) is 0.409. The van der Waals surface area contributed by atoms with Gasteiger partial charge in [-0.05, 0) is 17.6 Å². The van der Waals surface area contributed by atoms with Crippen molar-refractivity contribution in [3.8, 4) is 5.75 Å². The predicted molar refractivity (Wildman–Crippen MR) is 67.3 cm³/mol. The largest absolute Gasteiger partial charge is 0.491 e. The Kier molecular flexibility index (Phi) is 7.55. The van der Waals surface area contributed by atoms with Crippen LogP contribution in [-0.4, -0.2) is 52.9 Å². The first-order valence-electron chi connectivity index (χ1n) is 5.26. The fraction of sp³-hybridized carbons (Fsp3) is 0.333. The van der Waals surface area contributed by atoms with Crippen LogP contribution in [0.3, 0.4) is 0 Å². The van der Waals surface area contributed by atoms with Crippen LogP contribution < -0.4 is 10.2 Å². The van der Waals surface area contributed by atoms with E-state index in [-0.39, 0.29) is 0 Å². The van der Waals surface area contributed by atoms with E-state index in [1.807, 2.05) is 0 Å². The van der Waals surface area contributed by atoms with Crippen molar-refractivity contribution in [2.24, 2.45) is 0 Å². The molecule has 6 nitrogen and oxygen atoms in total. The standard InChI is InChI=1S/C9H13B3O6/c1-15-6-7-16-9-4-2-8(3-5-9)12(17-10-13)18-11-14/h2-5,13-14H,6-7H2,1H3. The van der Waals surface area contributed by atoms with Gasteiger partial charge in [-0.25, -0.2) is 0 Å². The maximum absolute atomic E-state index is 8.56. The molecule has 0 aliphatic rings. The Morgan fingerprint density at radius 2 is 1.67 bits per heavy atom. The van der Waals surface area contributed by atoms with Gasteiger partial charge in [0.25, 0.3) is 0 Å². The zero-order chi connectivity index (χ0) is 13.2. The lowest BCUT2D eigenvalue weighted by Crippen LogP contribution is -2.39. The van der Waals surface area contributed by atoms with Gasteiger partial charge in [0.05, 0.1) is 6.61 Å². The number of hydrogen-bond donors (Lipinski definition) is 2. The van der Waals surface area contributed by atoms with Gasteiger partial charge in [0.1, 0.15) is 12.4 Å². The van der Waals surface area contributed by atoms with E-state index in [1.54, 1.807) is 31.4 Å². The SMILES string of the molecule is COCCOc1ccc(B(O[B]O)O[B]O)cc1. The lowest BCUT2D eigenvalue weighted by molar-refractivity contribution is 0.146. The van der Waals surface area contributed by atoms with Crippen LogP contribution in [0.5, 0.6) is 5.75 Å². The summed E-state index contributed by atoms with van der Waals surface area (Å²) in [6.07, 6.45) is 0. The molecule has 0 amide bonds. The van der Waals surface area contributed by atoms with Gasteiger partial charge in [0, 0.05) is 7.11 Å². The van der Waals surface area contributed by atoms with E-state index in [9.17, 15) is 0 Å². The van der Waals surface area contributed by atoms with Crippen molar-refractivity contribution in [1.29, 1.82) is 0 Å². The first kappa shape index (κ1) is 15.1. The summed E-state index contributed by atoms with van der Waals surface area (Å²) in [5.74, 6) is 0.676. The molecule has 2 N–H and O–H groups in total. The van der Waals surface area contributed by atoms with Crippen molar-refractivity contribution < 1.29 is 28.7 Å². The van der Waals surface area contributed by atoms with Gasteiger partial charge in [0.15, 0.2) is 0 Å². The van der Waals surface area contributed by atoms with Gasteiger partial charge < -0.3 is 28.7 Å². The Hall–Kier alpha value is -0.985. The molecule has 0 aliphatic heterocycles. The summed E-state index contributed by atoms with van der Waals surface area (Å²) in [4.78, 5) is 0. The highest BCUT2D eigenvalue weighted by Gasteiger charge is 2.20. The summed E-state index contributed by atoms with van der Waals surface area (Å²) in [5, 5.41) is 17.1. The molecule has 0 bridgehead atoms. The van der Waals surface area contributed by atoms with Crippen LogP contribution in [0.2, 0.25) is 0 Å². The fourth-order valence-electron chi connectivity index (χ4n) is 1.26. The molecule has 9 heteroatoms. The Bertz CT molecular complexity index is 317. The summed E-state index contributed by atoms with van der Waals surface area (Å²) >= 11 is 0. The predicted octanol–water partition coefficient (Wildman–Crippen LogP) is -1.51. The van der Waals surface area contributed by atoms with Crippen LogP contribution in [0, 0.1) is 0 Å². The summed E-state index contributed by atoms with van der Waals surface area (Å²) in [6.45, 7) is 0.969. The Balaban J connectivity index is 2.56. The molecular weight excluding hydrogens is 237 g/mol. The van der Waals surface area contributed by atoms with Crippen molar-refractivity contribution >= 4 is 28.0 Å². The van der Waals surface area contributed by atoms with Crippen molar-refractivity contribution in [1.82, 2.24) is 0 Å². The summed E-state index contributed by atoms with van der Waals surface area (Å²) in [5.41, 5.74) is 0.615. The van der Waals surface area contributed by atoms with Crippen molar-refractivity contribution in [2.75, 3.05) is 20.3 Å². The summed E-state index contributed by atoms with van der Waals surface area (Å²) in [7, 11) is 1.68. The highest BCUT2D eigenvalue weighted by Crippen LogP contribution is 2.08. The van der Waals surface area contributed by atoms with Crippen LogP contribution >= 0.6 is 0 Å². The lowest BCUT2D eigenvalue weighted by atomic mass is 9.76. The zero-order valence-electron chi connectivity index (χ0n) is 9.98. The minimum absolute atomic E-state index is 0.459. The number of methoxy groups -OCH3 is 1. The highest BCUT2D eigenvalue weighted by molar-refractivity contribution is 6.68. The summed E-state index contributed by atoms with van der Waals surface area (Å²) < 4.78 is 19.8. The molecule has 2 radical (unpaired) electrons. The molecule has 0 spiro atoms. The van der Waals surface area contributed by atoms with Crippen LogP contribution in [0.15, 0.2) is 24.3 Å². The first-order valence-corrected chi connectivity index (χ1v) is 5.26. The normalized spacial score (nSPS) is 9.94. The van der Waals surface area contributed by atoms with E-state index in [2.05, 4.69) is 0 Å². The molecule has 0 saturated heterocycles. The second kappa shape index (κ2) is 9.01. The molecule has 94 valence electrons. The average molecular weight is 250 g/mol. The smallest absolute Gasteiger partial charge is 0.470 e. The molecule has 1 aromatic rings. The third-order valence-corrected chi connectivity index (χ3v) is 2.08. The molecular formula is C9H13B3O6. The molecule has 1 rings (SSSR count). The molecule has 0 saturated carbocycles. The maximum Gasteiger partial charge on any atom is 0.470 e. The third-order valence-electron chi connectivity index (χ3n) is 2.08. The second-order valence-corrected chi connectivity index (χ2v) is 3.23.